The highest BCUT2D eigenvalue weighted by Crippen LogP contribution is 2.40. The molecule has 0 spiro atoms. The molecule has 0 atom stereocenters. The van der Waals surface area contributed by atoms with E-state index in [1.807, 2.05) is 18.2 Å². The van der Waals surface area contributed by atoms with Gasteiger partial charge in [0.1, 0.15) is 11.6 Å². The van der Waals surface area contributed by atoms with Crippen molar-refractivity contribution in [2.75, 3.05) is 0 Å². The molecule has 0 saturated carbocycles. The molecule has 46 heavy (non-hydrogen) atoms. The molecule has 5 heteroatoms. The van der Waals surface area contributed by atoms with Gasteiger partial charge in [0, 0.05) is 21.6 Å². The van der Waals surface area contributed by atoms with E-state index in [2.05, 4.69) is 149 Å². The van der Waals surface area contributed by atoms with Crippen LogP contribution in [0.2, 0.25) is 0 Å². The normalized spacial score (nSPS) is 12.1. The van der Waals surface area contributed by atoms with Crippen LogP contribution in [0.1, 0.15) is 53.2 Å². The van der Waals surface area contributed by atoms with Gasteiger partial charge in [-0.2, -0.15) is 9.97 Å². The first-order valence-corrected chi connectivity index (χ1v) is 15.8. The zero-order chi connectivity index (χ0) is 32.1. The van der Waals surface area contributed by atoms with Crippen LogP contribution in [-0.2, 0) is 10.8 Å². The number of benzene rings is 5. The van der Waals surface area contributed by atoms with Crippen LogP contribution in [0.5, 0.6) is 11.8 Å². The van der Waals surface area contributed by atoms with Crippen molar-refractivity contribution in [1.29, 1.82) is 0 Å². The van der Waals surface area contributed by atoms with Crippen molar-refractivity contribution < 1.29 is 4.74 Å². The molecule has 5 aromatic carbocycles. The summed E-state index contributed by atoms with van der Waals surface area (Å²) in [4.78, 5) is 14.4. The van der Waals surface area contributed by atoms with Gasteiger partial charge in [0.2, 0.25) is 0 Å². The molecule has 0 N–H and O–H groups in total. The molecule has 0 aliphatic rings. The Hall–Kier alpha value is -5.29. The van der Waals surface area contributed by atoms with Crippen molar-refractivity contribution in [2.24, 2.45) is 0 Å². The van der Waals surface area contributed by atoms with Gasteiger partial charge < -0.3 is 9.30 Å². The molecule has 0 aliphatic heterocycles. The number of hydrogen-bond donors (Lipinski definition) is 0. The van der Waals surface area contributed by atoms with Crippen LogP contribution >= 0.6 is 0 Å². The molecule has 0 unspecified atom stereocenters. The molecular formula is C41H38N4O. The first kappa shape index (κ1) is 29.4. The van der Waals surface area contributed by atoms with E-state index < -0.39 is 0 Å². The quantitative estimate of drug-likeness (QED) is 0.197. The lowest BCUT2D eigenvalue weighted by Crippen LogP contribution is -2.23. The molecule has 0 bridgehead atoms. The Labute approximate surface area is 270 Å². The van der Waals surface area contributed by atoms with E-state index in [0.717, 1.165) is 16.7 Å². The minimum atomic E-state index is -0.264. The minimum Gasteiger partial charge on any atom is -0.422 e. The minimum absolute atomic E-state index is 0.264. The SMILES string of the molecule is CC(C)(C)c1nc(Oc2ccccc2-n2c3ccc(-c4ccccc4)cc3c3cc(-c4ccccc4)ccc32)nc(C(C)(C)C)n1. The Morgan fingerprint density at radius 1 is 0.478 bits per heavy atom. The smallest absolute Gasteiger partial charge is 0.325 e. The molecule has 0 radical (unpaired) electrons. The predicted octanol–water partition coefficient (Wildman–Crippen LogP) is 10.7. The van der Waals surface area contributed by atoms with E-state index in [4.69, 9.17) is 19.7 Å². The summed E-state index contributed by atoms with van der Waals surface area (Å²) >= 11 is 0. The Morgan fingerprint density at radius 2 is 0.935 bits per heavy atom. The number of rotatable bonds is 5. The summed E-state index contributed by atoms with van der Waals surface area (Å²) in [5, 5.41) is 2.35. The maximum absolute atomic E-state index is 6.61. The van der Waals surface area contributed by atoms with Gasteiger partial charge in [-0.25, -0.2) is 4.98 Å². The van der Waals surface area contributed by atoms with Crippen LogP contribution in [-0.4, -0.2) is 19.5 Å². The molecule has 7 aromatic rings. The number of aromatic nitrogens is 4. The monoisotopic (exact) mass is 602 g/mol. The highest BCUT2D eigenvalue weighted by atomic mass is 16.5. The average molecular weight is 603 g/mol. The van der Waals surface area contributed by atoms with Crippen LogP contribution in [0.15, 0.2) is 121 Å². The van der Waals surface area contributed by atoms with Gasteiger partial charge in [-0.15, -0.1) is 0 Å². The summed E-state index contributed by atoms with van der Waals surface area (Å²) < 4.78 is 8.90. The zero-order valence-corrected chi connectivity index (χ0v) is 27.2. The van der Waals surface area contributed by atoms with Crippen molar-refractivity contribution in [3.8, 4) is 39.7 Å². The van der Waals surface area contributed by atoms with Gasteiger partial charge in [-0.3, -0.25) is 0 Å². The van der Waals surface area contributed by atoms with E-state index in [9.17, 15) is 0 Å². The summed E-state index contributed by atoms with van der Waals surface area (Å²) in [7, 11) is 0. The highest BCUT2D eigenvalue weighted by Gasteiger charge is 2.26. The van der Waals surface area contributed by atoms with E-state index in [-0.39, 0.29) is 10.8 Å². The molecular weight excluding hydrogens is 564 g/mol. The number of para-hydroxylation sites is 2. The molecule has 228 valence electrons. The number of hydrogen-bond acceptors (Lipinski definition) is 4. The second kappa shape index (κ2) is 11.3. The van der Waals surface area contributed by atoms with Crippen LogP contribution in [0.3, 0.4) is 0 Å². The summed E-state index contributed by atoms with van der Waals surface area (Å²) in [5.41, 5.74) is 7.31. The highest BCUT2D eigenvalue weighted by molar-refractivity contribution is 6.11. The van der Waals surface area contributed by atoms with Crippen LogP contribution in [0, 0.1) is 0 Å². The third kappa shape index (κ3) is 5.54. The largest absolute Gasteiger partial charge is 0.422 e. The average Bonchev–Trinajstić information content (AvgIpc) is 3.38. The lowest BCUT2D eigenvalue weighted by molar-refractivity contribution is 0.405. The summed E-state index contributed by atoms with van der Waals surface area (Å²) in [6.07, 6.45) is 0. The number of nitrogens with zero attached hydrogens (tertiary/aromatic N) is 4. The molecule has 0 aliphatic carbocycles. The van der Waals surface area contributed by atoms with E-state index >= 15 is 0 Å². The summed E-state index contributed by atoms with van der Waals surface area (Å²) in [6.45, 7) is 12.7. The Kier molecular flexibility index (Phi) is 7.20. The van der Waals surface area contributed by atoms with Gasteiger partial charge in [0.15, 0.2) is 5.75 Å². The molecule has 2 heterocycles. The van der Waals surface area contributed by atoms with E-state index in [1.54, 1.807) is 0 Å². The lowest BCUT2D eigenvalue weighted by Gasteiger charge is -2.22. The van der Waals surface area contributed by atoms with Gasteiger partial charge in [-0.05, 0) is 58.7 Å². The maximum Gasteiger partial charge on any atom is 0.325 e. The fourth-order valence-corrected chi connectivity index (χ4v) is 5.80. The van der Waals surface area contributed by atoms with Crippen LogP contribution < -0.4 is 4.74 Å². The molecule has 0 fully saturated rings. The van der Waals surface area contributed by atoms with Crippen molar-refractivity contribution >= 4 is 21.8 Å². The summed E-state index contributed by atoms with van der Waals surface area (Å²) in [6, 6.07) is 42.9. The number of ether oxygens (including phenoxy) is 1. The van der Waals surface area contributed by atoms with Crippen LogP contribution in [0.4, 0.5) is 0 Å². The standard InChI is InChI=1S/C41H38N4O/c1-40(2,3)37-42-38(41(4,5)6)44-39(43-37)46-36-20-14-13-19-35(36)45-33-23-21-29(27-15-9-7-10-16-27)25-31(33)32-26-30(22-24-34(32)45)28-17-11-8-12-18-28/h7-26H,1-6H3. The third-order valence-electron chi connectivity index (χ3n) is 8.24. The van der Waals surface area contributed by atoms with Crippen molar-refractivity contribution in [1.82, 2.24) is 19.5 Å². The van der Waals surface area contributed by atoms with Gasteiger partial charge in [-0.1, -0.05) is 126 Å². The van der Waals surface area contributed by atoms with Gasteiger partial charge in [0.25, 0.3) is 0 Å². The first-order valence-electron chi connectivity index (χ1n) is 15.8. The predicted molar refractivity (Wildman–Crippen MR) is 189 cm³/mol. The van der Waals surface area contributed by atoms with Crippen molar-refractivity contribution in [3.05, 3.63) is 133 Å². The number of fused-ring (bicyclic) bond motifs is 3. The van der Waals surface area contributed by atoms with Gasteiger partial charge in [0.05, 0.1) is 16.7 Å². The van der Waals surface area contributed by atoms with E-state index in [0.29, 0.717) is 23.4 Å². The maximum atomic E-state index is 6.61. The van der Waals surface area contributed by atoms with Crippen molar-refractivity contribution in [3.63, 3.8) is 0 Å². The first-order chi connectivity index (χ1) is 22.1. The van der Waals surface area contributed by atoms with Crippen LogP contribution in [0.25, 0.3) is 49.7 Å². The Bertz CT molecular complexity index is 2060. The third-order valence-corrected chi connectivity index (χ3v) is 8.24. The van der Waals surface area contributed by atoms with Crippen molar-refractivity contribution in [2.45, 2.75) is 52.4 Å². The Balaban J connectivity index is 1.44. The second-order valence-corrected chi connectivity index (χ2v) is 13.9. The molecule has 0 amide bonds. The molecule has 0 saturated heterocycles. The Morgan fingerprint density at radius 3 is 1.41 bits per heavy atom. The second-order valence-electron chi connectivity index (χ2n) is 13.9. The molecule has 7 rings (SSSR count). The fourth-order valence-electron chi connectivity index (χ4n) is 5.80. The van der Waals surface area contributed by atoms with Gasteiger partial charge >= 0.3 is 6.01 Å². The molecule has 5 nitrogen and oxygen atoms in total. The fraction of sp³-hybridized carbons (Fsp3) is 0.195. The lowest BCUT2D eigenvalue weighted by atomic mass is 9.93. The molecule has 2 aromatic heterocycles. The zero-order valence-electron chi connectivity index (χ0n) is 27.2. The topological polar surface area (TPSA) is 52.8 Å². The van der Waals surface area contributed by atoms with E-state index in [1.165, 1.54) is 33.0 Å². The summed E-state index contributed by atoms with van der Waals surface area (Å²) in [5.74, 6) is 2.09.